The molecule has 1 atom stereocenters. The molecule has 4 nitrogen and oxygen atoms in total. The van der Waals surface area contributed by atoms with Crippen LogP contribution in [0.3, 0.4) is 0 Å². The first-order valence-electron chi connectivity index (χ1n) is 5.92. The predicted molar refractivity (Wildman–Crippen MR) is 74.6 cm³/mol. The molecule has 0 saturated heterocycles. The molecule has 1 N–H and O–H groups in total. The monoisotopic (exact) mass is 309 g/mol. The van der Waals surface area contributed by atoms with Gasteiger partial charge in [-0.25, -0.2) is 0 Å². The van der Waals surface area contributed by atoms with Gasteiger partial charge in [-0.2, -0.15) is 4.98 Å². The van der Waals surface area contributed by atoms with Gasteiger partial charge in [0.2, 0.25) is 5.89 Å². The Kier molecular flexibility index (Phi) is 4.01. The number of rotatable bonds is 4. The lowest BCUT2D eigenvalue weighted by Crippen LogP contribution is -2.07. The summed E-state index contributed by atoms with van der Waals surface area (Å²) in [6, 6.07) is 7.97. The van der Waals surface area contributed by atoms with E-state index >= 15 is 0 Å². The molecule has 5 heteroatoms. The van der Waals surface area contributed by atoms with Gasteiger partial charge in [0.1, 0.15) is 6.04 Å². The van der Waals surface area contributed by atoms with Crippen molar-refractivity contribution in [1.82, 2.24) is 10.1 Å². The minimum atomic E-state index is -0.00817. The number of hydrogen-bond donors (Lipinski definition) is 1. The minimum Gasteiger partial charge on any atom is -0.374 e. The molecule has 18 heavy (non-hydrogen) atoms. The topological polar surface area (TPSA) is 51.0 Å². The van der Waals surface area contributed by atoms with Crippen LogP contribution in [-0.2, 0) is 0 Å². The molecule has 96 valence electrons. The fourth-order valence-electron chi connectivity index (χ4n) is 1.52. The SMILES string of the molecule is CC(C)c1noc(C(C)Nc2ccc(Br)cc2)n1. The van der Waals surface area contributed by atoms with Crippen LogP contribution in [0, 0.1) is 0 Å². The van der Waals surface area contributed by atoms with E-state index in [2.05, 4.69) is 31.4 Å². The summed E-state index contributed by atoms with van der Waals surface area (Å²) in [5, 5.41) is 7.28. The first-order valence-corrected chi connectivity index (χ1v) is 6.71. The zero-order valence-electron chi connectivity index (χ0n) is 10.6. The summed E-state index contributed by atoms with van der Waals surface area (Å²) in [6.45, 7) is 6.09. The summed E-state index contributed by atoms with van der Waals surface area (Å²) >= 11 is 3.41. The Labute approximate surface area is 115 Å². The number of anilines is 1. The van der Waals surface area contributed by atoms with Gasteiger partial charge in [-0.1, -0.05) is 34.9 Å². The zero-order valence-corrected chi connectivity index (χ0v) is 12.2. The van der Waals surface area contributed by atoms with Crippen LogP contribution in [0.1, 0.15) is 44.4 Å². The van der Waals surface area contributed by atoms with Crippen LogP contribution in [0.25, 0.3) is 0 Å². The summed E-state index contributed by atoms with van der Waals surface area (Å²) in [7, 11) is 0. The molecule has 0 fully saturated rings. The van der Waals surface area contributed by atoms with Gasteiger partial charge in [-0.3, -0.25) is 0 Å². The number of benzene rings is 1. The van der Waals surface area contributed by atoms with Crippen molar-refractivity contribution in [2.24, 2.45) is 0 Å². The first kappa shape index (κ1) is 13.1. The Morgan fingerprint density at radius 2 is 1.83 bits per heavy atom. The number of nitrogens with one attached hydrogen (secondary N) is 1. The molecular formula is C13H16BrN3O. The van der Waals surface area contributed by atoms with Crippen LogP contribution < -0.4 is 5.32 Å². The third-order valence-corrected chi connectivity index (χ3v) is 3.10. The highest BCUT2D eigenvalue weighted by atomic mass is 79.9. The molecule has 0 spiro atoms. The van der Waals surface area contributed by atoms with E-state index in [1.165, 1.54) is 0 Å². The maximum atomic E-state index is 5.25. The maximum Gasteiger partial charge on any atom is 0.248 e. The van der Waals surface area contributed by atoms with Gasteiger partial charge in [0.25, 0.3) is 0 Å². The molecule has 1 heterocycles. The van der Waals surface area contributed by atoms with Crippen molar-refractivity contribution >= 4 is 21.6 Å². The summed E-state index contributed by atoms with van der Waals surface area (Å²) in [4.78, 5) is 4.37. The Morgan fingerprint density at radius 1 is 1.17 bits per heavy atom. The zero-order chi connectivity index (χ0) is 13.1. The lowest BCUT2D eigenvalue weighted by molar-refractivity contribution is 0.361. The lowest BCUT2D eigenvalue weighted by atomic mass is 10.2. The van der Waals surface area contributed by atoms with E-state index in [1.807, 2.05) is 45.0 Å². The molecule has 2 rings (SSSR count). The van der Waals surface area contributed by atoms with Crippen LogP contribution in [0.4, 0.5) is 5.69 Å². The smallest absolute Gasteiger partial charge is 0.248 e. The van der Waals surface area contributed by atoms with Gasteiger partial charge in [0.15, 0.2) is 5.82 Å². The number of aromatic nitrogens is 2. The molecule has 0 aliphatic carbocycles. The molecule has 1 aromatic heterocycles. The molecule has 1 aromatic carbocycles. The van der Waals surface area contributed by atoms with Crippen LogP contribution in [0.2, 0.25) is 0 Å². The van der Waals surface area contributed by atoms with Crippen molar-refractivity contribution in [2.75, 3.05) is 5.32 Å². The molecule has 0 radical (unpaired) electrons. The Hall–Kier alpha value is -1.36. The fraction of sp³-hybridized carbons (Fsp3) is 0.385. The van der Waals surface area contributed by atoms with Crippen LogP contribution in [-0.4, -0.2) is 10.1 Å². The van der Waals surface area contributed by atoms with Crippen molar-refractivity contribution in [3.63, 3.8) is 0 Å². The van der Waals surface area contributed by atoms with E-state index in [1.54, 1.807) is 0 Å². The third kappa shape index (κ3) is 3.10. The van der Waals surface area contributed by atoms with E-state index < -0.39 is 0 Å². The van der Waals surface area contributed by atoms with E-state index in [0.29, 0.717) is 5.89 Å². The summed E-state index contributed by atoms with van der Waals surface area (Å²) < 4.78 is 6.31. The second-order valence-electron chi connectivity index (χ2n) is 4.52. The second kappa shape index (κ2) is 5.52. The number of nitrogens with zero attached hydrogens (tertiary/aromatic N) is 2. The number of hydrogen-bond acceptors (Lipinski definition) is 4. The molecule has 0 aliphatic heterocycles. The van der Waals surface area contributed by atoms with Gasteiger partial charge < -0.3 is 9.84 Å². The normalized spacial score (nSPS) is 12.7. The quantitative estimate of drug-likeness (QED) is 0.922. The van der Waals surface area contributed by atoms with E-state index in [0.717, 1.165) is 16.0 Å². The minimum absolute atomic E-state index is 0.00817. The van der Waals surface area contributed by atoms with Gasteiger partial charge in [-0.05, 0) is 31.2 Å². The molecule has 0 aliphatic rings. The summed E-state index contributed by atoms with van der Waals surface area (Å²) in [5.41, 5.74) is 1.02. The molecule has 0 amide bonds. The standard InChI is InChI=1S/C13H16BrN3O/c1-8(2)12-16-13(18-17-12)9(3)15-11-6-4-10(14)5-7-11/h4-9,15H,1-3H3. The highest BCUT2D eigenvalue weighted by Gasteiger charge is 2.15. The number of halogens is 1. The van der Waals surface area contributed by atoms with Crippen molar-refractivity contribution in [1.29, 1.82) is 0 Å². The fourth-order valence-corrected chi connectivity index (χ4v) is 1.78. The Morgan fingerprint density at radius 3 is 2.39 bits per heavy atom. The van der Waals surface area contributed by atoms with Crippen LogP contribution in [0.5, 0.6) is 0 Å². The van der Waals surface area contributed by atoms with Crippen molar-refractivity contribution in [3.8, 4) is 0 Å². The van der Waals surface area contributed by atoms with Gasteiger partial charge in [-0.15, -0.1) is 0 Å². The van der Waals surface area contributed by atoms with Crippen molar-refractivity contribution in [3.05, 3.63) is 40.5 Å². The van der Waals surface area contributed by atoms with Crippen molar-refractivity contribution in [2.45, 2.75) is 32.7 Å². The average molecular weight is 310 g/mol. The molecule has 2 aromatic rings. The van der Waals surface area contributed by atoms with Crippen LogP contribution >= 0.6 is 15.9 Å². The Balaban J connectivity index is 2.06. The first-order chi connectivity index (χ1) is 8.56. The largest absolute Gasteiger partial charge is 0.374 e. The second-order valence-corrected chi connectivity index (χ2v) is 5.43. The molecular weight excluding hydrogens is 294 g/mol. The maximum absolute atomic E-state index is 5.25. The molecule has 0 saturated carbocycles. The predicted octanol–water partition coefficient (Wildman–Crippen LogP) is 4.13. The van der Waals surface area contributed by atoms with Gasteiger partial charge >= 0.3 is 0 Å². The van der Waals surface area contributed by atoms with E-state index in [4.69, 9.17) is 4.52 Å². The van der Waals surface area contributed by atoms with E-state index in [-0.39, 0.29) is 12.0 Å². The summed E-state index contributed by atoms with van der Waals surface area (Å²) in [6.07, 6.45) is 0. The highest BCUT2D eigenvalue weighted by Crippen LogP contribution is 2.21. The highest BCUT2D eigenvalue weighted by molar-refractivity contribution is 9.10. The molecule has 1 unspecified atom stereocenters. The average Bonchev–Trinajstić information content (AvgIpc) is 2.81. The Bertz CT molecular complexity index is 507. The van der Waals surface area contributed by atoms with Gasteiger partial charge in [0, 0.05) is 16.1 Å². The summed E-state index contributed by atoms with van der Waals surface area (Å²) in [5.74, 6) is 1.64. The van der Waals surface area contributed by atoms with Crippen LogP contribution in [0.15, 0.2) is 33.3 Å². The third-order valence-electron chi connectivity index (χ3n) is 2.57. The van der Waals surface area contributed by atoms with E-state index in [9.17, 15) is 0 Å². The van der Waals surface area contributed by atoms with Gasteiger partial charge in [0.05, 0.1) is 0 Å². The lowest BCUT2D eigenvalue weighted by Gasteiger charge is -2.10. The molecule has 0 bridgehead atoms. The van der Waals surface area contributed by atoms with Crippen molar-refractivity contribution < 1.29 is 4.52 Å².